The summed E-state index contributed by atoms with van der Waals surface area (Å²) in [7, 11) is 0. The third-order valence-electron chi connectivity index (χ3n) is 2.31. The predicted octanol–water partition coefficient (Wildman–Crippen LogP) is 0.688. The summed E-state index contributed by atoms with van der Waals surface area (Å²) in [6, 6.07) is -0.296. The van der Waals surface area contributed by atoms with Crippen molar-refractivity contribution in [1.82, 2.24) is 4.90 Å². The molecular weight excluding hydrogens is 184 g/mol. The van der Waals surface area contributed by atoms with Crippen LogP contribution in [0, 0.1) is 0 Å². The quantitative estimate of drug-likeness (QED) is 0.716. The fourth-order valence-electron chi connectivity index (χ4n) is 1.43. The molecule has 0 aromatic rings. The number of nitrogens with zero attached hydrogens (tertiary/aromatic N) is 1. The van der Waals surface area contributed by atoms with Crippen LogP contribution in [0.3, 0.4) is 0 Å². The minimum absolute atomic E-state index is 0.120. The number of carbonyl (C=O) groups is 1. The number of rotatable bonds is 2. The largest absolute Gasteiger partial charge is 0.339 e. The maximum absolute atomic E-state index is 11.7. The zero-order chi connectivity index (χ0) is 9.84. The van der Waals surface area contributed by atoms with Crippen LogP contribution in [-0.4, -0.2) is 40.9 Å². The second kappa shape index (κ2) is 4.86. The van der Waals surface area contributed by atoms with Crippen molar-refractivity contribution in [1.29, 1.82) is 0 Å². The van der Waals surface area contributed by atoms with Crippen molar-refractivity contribution >= 4 is 17.7 Å². The molecule has 13 heavy (non-hydrogen) atoms. The van der Waals surface area contributed by atoms with Gasteiger partial charge in [0.2, 0.25) is 5.91 Å². The molecule has 3 nitrogen and oxygen atoms in total. The summed E-state index contributed by atoms with van der Waals surface area (Å²) in [5.74, 6) is 1.17. The highest BCUT2D eigenvalue weighted by Gasteiger charge is 2.24. The average Bonchev–Trinajstić information content (AvgIpc) is 2.15. The van der Waals surface area contributed by atoms with Gasteiger partial charge in [-0.1, -0.05) is 13.8 Å². The fraction of sp³-hybridized carbons (Fsp3) is 0.889. The van der Waals surface area contributed by atoms with Crippen LogP contribution in [0.1, 0.15) is 20.3 Å². The van der Waals surface area contributed by atoms with Gasteiger partial charge in [-0.3, -0.25) is 4.79 Å². The highest BCUT2D eigenvalue weighted by atomic mass is 32.2. The molecule has 1 aliphatic rings. The molecule has 0 radical (unpaired) electrons. The van der Waals surface area contributed by atoms with E-state index in [2.05, 4.69) is 6.92 Å². The van der Waals surface area contributed by atoms with Crippen LogP contribution in [-0.2, 0) is 4.79 Å². The van der Waals surface area contributed by atoms with Gasteiger partial charge in [-0.25, -0.2) is 0 Å². The molecule has 0 bridgehead atoms. The molecule has 1 aliphatic heterocycles. The number of hydrogen-bond acceptors (Lipinski definition) is 3. The van der Waals surface area contributed by atoms with Crippen molar-refractivity contribution in [2.45, 2.75) is 31.6 Å². The minimum atomic E-state index is -0.296. The molecule has 1 saturated heterocycles. The van der Waals surface area contributed by atoms with E-state index in [9.17, 15) is 4.79 Å². The van der Waals surface area contributed by atoms with E-state index in [1.807, 2.05) is 23.6 Å². The molecule has 4 heteroatoms. The Balaban J connectivity index is 2.46. The number of nitrogens with two attached hydrogens (primary N) is 1. The van der Waals surface area contributed by atoms with Gasteiger partial charge >= 0.3 is 0 Å². The monoisotopic (exact) mass is 202 g/mol. The normalized spacial score (nSPS) is 25.8. The Morgan fingerprint density at radius 1 is 1.77 bits per heavy atom. The Morgan fingerprint density at radius 2 is 2.46 bits per heavy atom. The number of thioether (sulfide) groups is 1. The summed E-state index contributed by atoms with van der Waals surface area (Å²) in [4.78, 5) is 13.6. The molecule has 2 unspecified atom stereocenters. The molecule has 0 aliphatic carbocycles. The third-order valence-corrected chi connectivity index (χ3v) is 3.45. The standard InChI is InChI=1S/C9H18N2OS/c1-3-8(10)9(12)11-4-5-13-7(2)6-11/h7-8H,3-6,10H2,1-2H3. The molecule has 2 N–H and O–H groups in total. The molecule has 76 valence electrons. The highest BCUT2D eigenvalue weighted by molar-refractivity contribution is 7.99. The highest BCUT2D eigenvalue weighted by Crippen LogP contribution is 2.18. The second-order valence-corrected chi connectivity index (χ2v) is 5.03. The zero-order valence-corrected chi connectivity index (χ0v) is 9.14. The van der Waals surface area contributed by atoms with E-state index in [1.54, 1.807) is 0 Å². The van der Waals surface area contributed by atoms with Crippen LogP contribution in [0.4, 0.5) is 0 Å². The van der Waals surface area contributed by atoms with E-state index in [4.69, 9.17) is 5.73 Å². The lowest BCUT2D eigenvalue weighted by Crippen LogP contribution is -2.48. The van der Waals surface area contributed by atoms with Crippen molar-refractivity contribution < 1.29 is 4.79 Å². The van der Waals surface area contributed by atoms with Gasteiger partial charge in [0.1, 0.15) is 0 Å². The van der Waals surface area contributed by atoms with Crippen LogP contribution in [0.15, 0.2) is 0 Å². The minimum Gasteiger partial charge on any atom is -0.339 e. The first-order chi connectivity index (χ1) is 6.15. The smallest absolute Gasteiger partial charge is 0.239 e. The lowest BCUT2D eigenvalue weighted by atomic mass is 10.2. The maximum atomic E-state index is 11.7. The summed E-state index contributed by atoms with van der Waals surface area (Å²) in [5, 5.41) is 0.557. The van der Waals surface area contributed by atoms with Gasteiger partial charge in [0.15, 0.2) is 0 Å². The summed E-state index contributed by atoms with van der Waals surface area (Å²) in [6.07, 6.45) is 0.733. The Bertz CT molecular complexity index is 186. The first-order valence-corrected chi connectivity index (χ1v) is 5.86. The number of carbonyl (C=O) groups excluding carboxylic acids is 1. The van der Waals surface area contributed by atoms with Crippen molar-refractivity contribution in [2.75, 3.05) is 18.8 Å². The molecule has 0 aromatic carbocycles. The second-order valence-electron chi connectivity index (χ2n) is 3.48. The van der Waals surface area contributed by atoms with Crippen molar-refractivity contribution in [3.8, 4) is 0 Å². The van der Waals surface area contributed by atoms with E-state index in [1.165, 1.54) is 0 Å². The van der Waals surface area contributed by atoms with E-state index in [-0.39, 0.29) is 11.9 Å². The van der Waals surface area contributed by atoms with Crippen LogP contribution in [0.5, 0.6) is 0 Å². The fourth-order valence-corrected chi connectivity index (χ4v) is 2.44. The summed E-state index contributed by atoms with van der Waals surface area (Å²) >= 11 is 1.92. The average molecular weight is 202 g/mol. The van der Waals surface area contributed by atoms with Crippen LogP contribution >= 0.6 is 11.8 Å². The Hall–Kier alpha value is -0.220. The van der Waals surface area contributed by atoms with Crippen molar-refractivity contribution in [2.24, 2.45) is 5.73 Å². The SMILES string of the molecule is CCC(N)C(=O)N1CCSC(C)C1. The summed E-state index contributed by atoms with van der Waals surface area (Å²) in [6.45, 7) is 5.82. The molecule has 2 atom stereocenters. The topological polar surface area (TPSA) is 46.3 Å². The molecule has 1 fully saturated rings. The van der Waals surface area contributed by atoms with Gasteiger partial charge in [0, 0.05) is 24.1 Å². The molecule has 0 spiro atoms. The van der Waals surface area contributed by atoms with E-state index >= 15 is 0 Å². The number of hydrogen-bond donors (Lipinski definition) is 1. The summed E-state index contributed by atoms with van der Waals surface area (Å²) in [5.41, 5.74) is 5.69. The number of amides is 1. The first-order valence-electron chi connectivity index (χ1n) is 4.81. The van der Waals surface area contributed by atoms with Crippen molar-refractivity contribution in [3.63, 3.8) is 0 Å². The molecule has 1 amide bonds. The van der Waals surface area contributed by atoms with Gasteiger partial charge in [-0.2, -0.15) is 11.8 Å². The lowest BCUT2D eigenvalue weighted by Gasteiger charge is -2.32. The molecule has 1 rings (SSSR count). The van der Waals surface area contributed by atoms with E-state index in [0.29, 0.717) is 5.25 Å². The molecule has 0 saturated carbocycles. The predicted molar refractivity (Wildman–Crippen MR) is 56.8 cm³/mol. The maximum Gasteiger partial charge on any atom is 0.239 e. The van der Waals surface area contributed by atoms with Gasteiger partial charge in [-0.15, -0.1) is 0 Å². The Kier molecular flexibility index (Phi) is 4.06. The molecular formula is C9H18N2OS. The van der Waals surface area contributed by atoms with Gasteiger partial charge in [0.25, 0.3) is 0 Å². The Morgan fingerprint density at radius 3 is 3.00 bits per heavy atom. The van der Waals surface area contributed by atoms with Crippen molar-refractivity contribution in [3.05, 3.63) is 0 Å². The van der Waals surface area contributed by atoms with Gasteiger partial charge in [0.05, 0.1) is 6.04 Å². The third kappa shape index (κ3) is 2.88. The zero-order valence-electron chi connectivity index (χ0n) is 8.32. The van der Waals surface area contributed by atoms with Crippen LogP contribution in [0.25, 0.3) is 0 Å². The lowest BCUT2D eigenvalue weighted by molar-refractivity contribution is -0.132. The Labute approximate surface area is 84.0 Å². The molecule has 1 heterocycles. The van der Waals surface area contributed by atoms with Gasteiger partial charge < -0.3 is 10.6 Å². The van der Waals surface area contributed by atoms with E-state index < -0.39 is 0 Å². The summed E-state index contributed by atoms with van der Waals surface area (Å²) < 4.78 is 0. The van der Waals surface area contributed by atoms with Gasteiger partial charge in [-0.05, 0) is 6.42 Å². The van der Waals surface area contributed by atoms with Crippen LogP contribution < -0.4 is 5.73 Å². The molecule has 0 aromatic heterocycles. The first kappa shape index (κ1) is 10.9. The van der Waals surface area contributed by atoms with Crippen LogP contribution in [0.2, 0.25) is 0 Å². The van der Waals surface area contributed by atoms with E-state index in [0.717, 1.165) is 25.3 Å².